The van der Waals surface area contributed by atoms with Crippen molar-refractivity contribution >= 4 is 17.5 Å². The number of likely N-dealkylation sites (tertiary alicyclic amines) is 1. The second kappa shape index (κ2) is 6.20. The Morgan fingerprint density at radius 3 is 2.56 bits per heavy atom. The lowest BCUT2D eigenvalue weighted by atomic mass is 10.0. The number of amides is 2. The Bertz CT molecular complexity index is 686. The fourth-order valence-electron chi connectivity index (χ4n) is 3.35. The van der Waals surface area contributed by atoms with E-state index in [9.17, 15) is 22.8 Å². The quantitative estimate of drug-likeness (QED) is 0.817. The summed E-state index contributed by atoms with van der Waals surface area (Å²) >= 11 is 0. The zero-order valence-corrected chi connectivity index (χ0v) is 14.0. The summed E-state index contributed by atoms with van der Waals surface area (Å²) in [6.07, 6.45) is -2.17. The number of aromatic nitrogens is 1. The van der Waals surface area contributed by atoms with Crippen LogP contribution >= 0.6 is 0 Å². The highest BCUT2D eigenvalue weighted by Gasteiger charge is 2.44. The van der Waals surface area contributed by atoms with Crippen LogP contribution in [0.4, 0.5) is 18.9 Å². The Morgan fingerprint density at radius 2 is 1.96 bits per heavy atom. The van der Waals surface area contributed by atoms with E-state index in [1.165, 1.54) is 17.2 Å². The molecule has 3 rings (SSSR count). The summed E-state index contributed by atoms with van der Waals surface area (Å²) < 4.78 is 39.2. The van der Waals surface area contributed by atoms with Gasteiger partial charge in [-0.15, -0.1) is 0 Å². The lowest BCUT2D eigenvalue weighted by Gasteiger charge is -2.46. The zero-order chi connectivity index (χ0) is 18.4. The first-order valence-corrected chi connectivity index (χ1v) is 7.95. The molecule has 0 aromatic carbocycles. The van der Waals surface area contributed by atoms with Gasteiger partial charge in [0, 0.05) is 52.5 Å². The Kier molecular flexibility index (Phi) is 4.34. The molecule has 2 amide bonds. The summed E-state index contributed by atoms with van der Waals surface area (Å²) in [7, 11) is 3.28. The molecule has 2 aliphatic rings. The first-order chi connectivity index (χ1) is 11.7. The maximum absolute atomic E-state index is 13.1. The summed E-state index contributed by atoms with van der Waals surface area (Å²) in [6.45, 7) is 0.972. The van der Waals surface area contributed by atoms with Crippen molar-refractivity contribution in [3.8, 4) is 0 Å². The summed E-state index contributed by atoms with van der Waals surface area (Å²) in [5, 5.41) is 0. The summed E-state index contributed by atoms with van der Waals surface area (Å²) in [6, 6.07) is 1.17. The van der Waals surface area contributed by atoms with Gasteiger partial charge in [0.2, 0.25) is 11.8 Å². The van der Waals surface area contributed by atoms with Gasteiger partial charge >= 0.3 is 6.18 Å². The highest BCUT2D eigenvalue weighted by Crippen LogP contribution is 2.38. The summed E-state index contributed by atoms with van der Waals surface area (Å²) in [5.41, 5.74) is -0.701. The lowest BCUT2D eigenvalue weighted by Crippen LogP contribution is -2.60. The van der Waals surface area contributed by atoms with Crippen LogP contribution in [0.2, 0.25) is 0 Å². The standard InChI is InChI=1S/C16H19F3N4O2/c1-21(2)15(25)10-5-14(24)23(7-10)11-8-22(9-11)13-3-4-20-6-12(13)16(17,18)19/h3-4,6,10-11H,5,7-9H2,1-2H3. The normalized spacial score (nSPS) is 21.5. The minimum atomic E-state index is -4.47. The van der Waals surface area contributed by atoms with Crippen molar-refractivity contribution in [3.63, 3.8) is 0 Å². The molecule has 136 valence electrons. The van der Waals surface area contributed by atoms with E-state index in [1.807, 2.05) is 0 Å². The number of nitrogens with zero attached hydrogens (tertiary/aromatic N) is 4. The number of carbonyl (C=O) groups is 2. The Labute approximate surface area is 143 Å². The predicted molar refractivity (Wildman–Crippen MR) is 83.8 cm³/mol. The Balaban J connectivity index is 1.66. The van der Waals surface area contributed by atoms with Crippen LogP contribution in [0.5, 0.6) is 0 Å². The minimum absolute atomic E-state index is 0.0753. The van der Waals surface area contributed by atoms with E-state index < -0.39 is 11.7 Å². The monoisotopic (exact) mass is 356 g/mol. The highest BCUT2D eigenvalue weighted by atomic mass is 19.4. The average molecular weight is 356 g/mol. The van der Waals surface area contributed by atoms with Crippen LogP contribution in [0.25, 0.3) is 0 Å². The van der Waals surface area contributed by atoms with Crippen molar-refractivity contribution < 1.29 is 22.8 Å². The van der Waals surface area contributed by atoms with Gasteiger partial charge in [-0.2, -0.15) is 13.2 Å². The van der Waals surface area contributed by atoms with Crippen molar-refractivity contribution in [3.05, 3.63) is 24.0 Å². The molecular weight excluding hydrogens is 337 g/mol. The van der Waals surface area contributed by atoms with Crippen LogP contribution in [0, 0.1) is 5.92 Å². The van der Waals surface area contributed by atoms with Crippen LogP contribution in [0.1, 0.15) is 12.0 Å². The van der Waals surface area contributed by atoms with E-state index in [2.05, 4.69) is 4.98 Å². The molecule has 1 unspecified atom stereocenters. The van der Waals surface area contributed by atoms with Gasteiger partial charge in [-0.05, 0) is 6.07 Å². The zero-order valence-electron chi connectivity index (χ0n) is 14.0. The molecule has 0 N–H and O–H groups in total. The summed E-state index contributed by atoms with van der Waals surface area (Å²) in [5.74, 6) is -0.584. The van der Waals surface area contributed by atoms with Crippen molar-refractivity contribution in [2.75, 3.05) is 38.6 Å². The maximum Gasteiger partial charge on any atom is 0.419 e. The smallest absolute Gasteiger partial charge is 0.367 e. The largest absolute Gasteiger partial charge is 0.419 e. The van der Waals surface area contributed by atoms with Gasteiger partial charge in [-0.25, -0.2) is 0 Å². The van der Waals surface area contributed by atoms with Crippen molar-refractivity contribution in [2.24, 2.45) is 5.92 Å². The number of rotatable bonds is 3. The molecule has 0 bridgehead atoms. The molecular formula is C16H19F3N4O2. The molecule has 25 heavy (non-hydrogen) atoms. The molecule has 0 radical (unpaired) electrons. The Morgan fingerprint density at radius 1 is 1.28 bits per heavy atom. The molecule has 0 spiro atoms. The van der Waals surface area contributed by atoms with Gasteiger partial charge < -0.3 is 14.7 Å². The number of alkyl halides is 3. The molecule has 2 aliphatic heterocycles. The molecule has 6 nitrogen and oxygen atoms in total. The molecule has 9 heteroatoms. The number of hydrogen-bond acceptors (Lipinski definition) is 4. The fraction of sp³-hybridized carbons (Fsp3) is 0.562. The number of anilines is 1. The molecule has 1 aromatic rings. The van der Waals surface area contributed by atoms with E-state index in [0.717, 1.165) is 6.20 Å². The van der Waals surface area contributed by atoms with E-state index in [-0.39, 0.29) is 35.9 Å². The van der Waals surface area contributed by atoms with Crippen LogP contribution in [0.3, 0.4) is 0 Å². The van der Waals surface area contributed by atoms with Crippen molar-refractivity contribution in [1.82, 2.24) is 14.8 Å². The third kappa shape index (κ3) is 3.27. The van der Waals surface area contributed by atoms with E-state index in [4.69, 9.17) is 0 Å². The number of carbonyl (C=O) groups excluding carboxylic acids is 2. The van der Waals surface area contributed by atoms with Crippen LogP contribution in [0.15, 0.2) is 18.5 Å². The van der Waals surface area contributed by atoms with Crippen LogP contribution < -0.4 is 4.90 Å². The van der Waals surface area contributed by atoms with Crippen molar-refractivity contribution in [1.29, 1.82) is 0 Å². The molecule has 2 saturated heterocycles. The third-order valence-corrected chi connectivity index (χ3v) is 4.70. The first kappa shape index (κ1) is 17.5. The molecule has 1 atom stereocenters. The van der Waals surface area contributed by atoms with Crippen LogP contribution in [-0.2, 0) is 15.8 Å². The minimum Gasteiger partial charge on any atom is -0.367 e. The first-order valence-electron chi connectivity index (χ1n) is 7.95. The topological polar surface area (TPSA) is 56.8 Å². The van der Waals surface area contributed by atoms with E-state index >= 15 is 0 Å². The van der Waals surface area contributed by atoms with E-state index in [0.29, 0.717) is 19.6 Å². The van der Waals surface area contributed by atoms with Gasteiger partial charge in [0.1, 0.15) is 0 Å². The molecule has 3 heterocycles. The second-order valence-corrected chi connectivity index (χ2v) is 6.63. The van der Waals surface area contributed by atoms with Gasteiger partial charge in [-0.3, -0.25) is 14.6 Å². The predicted octanol–water partition coefficient (Wildman–Crippen LogP) is 1.23. The molecule has 1 aromatic heterocycles. The molecule has 0 saturated carbocycles. The Hall–Kier alpha value is -2.32. The highest BCUT2D eigenvalue weighted by molar-refractivity contribution is 5.89. The second-order valence-electron chi connectivity index (χ2n) is 6.63. The number of halogens is 3. The van der Waals surface area contributed by atoms with Gasteiger partial charge in [0.15, 0.2) is 0 Å². The van der Waals surface area contributed by atoms with Gasteiger partial charge in [0.05, 0.1) is 23.2 Å². The maximum atomic E-state index is 13.1. The van der Waals surface area contributed by atoms with Gasteiger partial charge in [0.25, 0.3) is 0 Å². The van der Waals surface area contributed by atoms with Gasteiger partial charge in [-0.1, -0.05) is 0 Å². The van der Waals surface area contributed by atoms with Crippen molar-refractivity contribution in [2.45, 2.75) is 18.6 Å². The average Bonchev–Trinajstić information content (AvgIpc) is 2.86. The number of pyridine rings is 1. The summed E-state index contributed by atoms with van der Waals surface area (Å²) in [4.78, 5) is 32.4. The fourth-order valence-corrected chi connectivity index (χ4v) is 3.35. The van der Waals surface area contributed by atoms with E-state index in [1.54, 1.807) is 23.9 Å². The van der Waals surface area contributed by atoms with Crippen LogP contribution in [-0.4, -0.2) is 66.4 Å². The number of hydrogen-bond donors (Lipinski definition) is 0. The molecule has 0 aliphatic carbocycles. The SMILES string of the molecule is CN(C)C(=O)C1CC(=O)N(C2CN(c3ccncc3C(F)(F)F)C2)C1. The third-order valence-electron chi connectivity index (χ3n) is 4.70. The lowest BCUT2D eigenvalue weighted by molar-refractivity contribution is -0.137. The molecule has 2 fully saturated rings.